The van der Waals surface area contributed by atoms with Crippen LogP contribution in [0.2, 0.25) is 0 Å². The SMILES string of the molecule is CCCCCCCCS(=O)(=O)N(CC)C(F)(F)C(F)(F)C(F)(F)[Si](OC)(OC)OC. The summed E-state index contributed by atoms with van der Waals surface area (Å²) >= 11 is 0. The maximum Gasteiger partial charge on any atom is 0.581 e. The number of rotatable bonds is 16. The summed E-state index contributed by atoms with van der Waals surface area (Å²) in [5.74, 6) is -7.05. The van der Waals surface area contributed by atoms with Crippen LogP contribution in [0.3, 0.4) is 0 Å². The zero-order chi connectivity index (χ0) is 23.9. The molecule has 0 N–H and O–H groups in total. The van der Waals surface area contributed by atoms with E-state index in [-0.39, 0.29) is 6.42 Å². The van der Waals surface area contributed by atoms with Gasteiger partial charge in [0.05, 0.1) is 5.75 Å². The van der Waals surface area contributed by atoms with Crippen LogP contribution in [0.25, 0.3) is 0 Å². The van der Waals surface area contributed by atoms with Gasteiger partial charge in [-0.25, -0.2) is 8.42 Å². The van der Waals surface area contributed by atoms with Crippen molar-refractivity contribution in [2.45, 2.75) is 69.9 Å². The highest BCUT2D eigenvalue weighted by molar-refractivity contribution is 7.89. The van der Waals surface area contributed by atoms with Gasteiger partial charge in [-0.3, -0.25) is 0 Å². The van der Waals surface area contributed by atoms with E-state index in [9.17, 15) is 34.8 Å². The highest BCUT2D eigenvalue weighted by Crippen LogP contribution is 2.52. The molecule has 0 aliphatic heterocycles. The third kappa shape index (κ3) is 5.68. The minimum atomic E-state index is -6.18. The monoisotopic (exact) mass is 491 g/mol. The van der Waals surface area contributed by atoms with Gasteiger partial charge >= 0.3 is 26.3 Å². The molecule has 0 heterocycles. The van der Waals surface area contributed by atoms with Gasteiger partial charge in [-0.2, -0.15) is 26.3 Å². The summed E-state index contributed by atoms with van der Waals surface area (Å²) in [5.41, 5.74) is -5.63. The van der Waals surface area contributed by atoms with Crippen molar-refractivity contribution in [1.82, 2.24) is 4.31 Å². The Morgan fingerprint density at radius 1 is 0.800 bits per heavy atom. The van der Waals surface area contributed by atoms with E-state index in [1.165, 1.54) is 0 Å². The molecule has 14 heteroatoms. The Hall–Kier alpha value is -0.413. The van der Waals surface area contributed by atoms with Crippen molar-refractivity contribution in [2.75, 3.05) is 33.6 Å². The standard InChI is InChI=1S/C16H31F6NO5SSi/c1-6-8-9-10-11-12-13-29(24,25)23(7-2)15(19,20)14(17,18)16(21,22)30(26-3,27-4)28-5/h6-13H2,1-5H3. The molecule has 6 nitrogen and oxygen atoms in total. The van der Waals surface area contributed by atoms with Crippen molar-refractivity contribution in [2.24, 2.45) is 0 Å². The number of alkyl halides is 6. The number of hydrogen-bond donors (Lipinski definition) is 0. The molecule has 0 saturated carbocycles. The van der Waals surface area contributed by atoms with E-state index in [1.807, 2.05) is 6.92 Å². The predicted molar refractivity (Wildman–Crippen MR) is 101 cm³/mol. The average molecular weight is 492 g/mol. The van der Waals surface area contributed by atoms with E-state index in [2.05, 4.69) is 13.3 Å². The van der Waals surface area contributed by atoms with Crippen LogP contribution >= 0.6 is 0 Å². The lowest BCUT2D eigenvalue weighted by atomic mass is 10.1. The number of hydrogen-bond acceptors (Lipinski definition) is 5. The molecule has 0 aromatic carbocycles. The van der Waals surface area contributed by atoms with Crippen LogP contribution in [0.4, 0.5) is 26.3 Å². The minimum Gasteiger partial charge on any atom is -0.373 e. The second-order valence-corrected chi connectivity index (χ2v) is 11.6. The largest absolute Gasteiger partial charge is 0.581 e. The Morgan fingerprint density at radius 3 is 1.63 bits per heavy atom. The molecular formula is C16H31F6NO5SSi. The lowest BCUT2D eigenvalue weighted by Gasteiger charge is -2.41. The molecule has 0 saturated heterocycles. The van der Waals surface area contributed by atoms with Crippen molar-refractivity contribution in [1.29, 1.82) is 0 Å². The van der Waals surface area contributed by atoms with Gasteiger partial charge in [0.1, 0.15) is 0 Å². The maximum atomic E-state index is 14.6. The average Bonchev–Trinajstić information content (AvgIpc) is 2.66. The van der Waals surface area contributed by atoms with E-state index < -0.39 is 52.9 Å². The predicted octanol–water partition coefficient (Wildman–Crippen LogP) is 4.28. The van der Waals surface area contributed by atoms with Gasteiger partial charge in [-0.05, 0) is 6.42 Å². The zero-order valence-corrected chi connectivity index (χ0v) is 19.6. The summed E-state index contributed by atoms with van der Waals surface area (Å²) in [6, 6.07) is -5.76. The van der Waals surface area contributed by atoms with E-state index in [0.29, 0.717) is 34.2 Å². The first-order valence-corrected chi connectivity index (χ1v) is 12.8. The fraction of sp³-hybridized carbons (Fsp3) is 1.00. The Morgan fingerprint density at radius 2 is 1.23 bits per heavy atom. The van der Waals surface area contributed by atoms with E-state index in [0.717, 1.165) is 26.2 Å². The summed E-state index contributed by atoms with van der Waals surface area (Å²) in [6.07, 6.45) is 3.62. The Bertz CT molecular complexity index is 611. The van der Waals surface area contributed by atoms with Crippen LogP contribution < -0.4 is 0 Å². The molecule has 0 aromatic heterocycles. The van der Waals surface area contributed by atoms with Crippen LogP contribution in [0.15, 0.2) is 0 Å². The van der Waals surface area contributed by atoms with Crippen LogP contribution in [0.1, 0.15) is 52.4 Å². The van der Waals surface area contributed by atoms with Gasteiger partial charge in [0.2, 0.25) is 10.0 Å². The molecule has 0 rings (SSSR count). The molecule has 0 amide bonds. The molecule has 0 spiro atoms. The molecule has 0 aromatic rings. The molecule has 0 aliphatic carbocycles. The second kappa shape index (κ2) is 11.5. The Balaban J connectivity index is 5.80. The normalized spacial score (nSPS) is 14.5. The quantitative estimate of drug-likeness (QED) is 0.140. The third-order valence-corrected chi connectivity index (χ3v) is 9.31. The first-order valence-electron chi connectivity index (χ1n) is 9.48. The van der Waals surface area contributed by atoms with Crippen LogP contribution in [0, 0.1) is 0 Å². The molecule has 182 valence electrons. The van der Waals surface area contributed by atoms with Crippen molar-refractivity contribution in [3.8, 4) is 0 Å². The maximum absolute atomic E-state index is 14.6. The molecule has 30 heavy (non-hydrogen) atoms. The fourth-order valence-electron chi connectivity index (χ4n) is 2.92. The summed E-state index contributed by atoms with van der Waals surface area (Å²) < 4.78 is 124. The molecule has 0 fully saturated rings. The van der Waals surface area contributed by atoms with E-state index in [4.69, 9.17) is 0 Å². The van der Waals surface area contributed by atoms with Crippen LogP contribution in [-0.4, -0.2) is 72.7 Å². The molecule has 0 atom stereocenters. The van der Waals surface area contributed by atoms with Gasteiger partial charge in [0, 0.05) is 27.9 Å². The van der Waals surface area contributed by atoms with Crippen molar-refractivity contribution in [3.05, 3.63) is 0 Å². The fourth-order valence-corrected chi connectivity index (χ4v) is 6.37. The molecular weight excluding hydrogens is 460 g/mol. The summed E-state index contributed by atoms with van der Waals surface area (Å²) in [5, 5.41) is 0. The highest BCUT2D eigenvalue weighted by atomic mass is 32.2. The van der Waals surface area contributed by atoms with Gasteiger partial charge in [-0.15, -0.1) is 4.31 Å². The lowest BCUT2D eigenvalue weighted by Crippen LogP contribution is -2.74. The molecule has 0 radical (unpaired) electrons. The summed E-state index contributed by atoms with van der Waals surface area (Å²) in [4.78, 5) is 0. The molecule has 0 bridgehead atoms. The van der Waals surface area contributed by atoms with Crippen molar-refractivity contribution >= 4 is 18.8 Å². The zero-order valence-electron chi connectivity index (χ0n) is 17.8. The van der Waals surface area contributed by atoms with Gasteiger partial charge < -0.3 is 13.3 Å². The molecule has 0 aliphatic rings. The second-order valence-electron chi connectivity index (χ2n) is 6.61. The minimum absolute atomic E-state index is 0.0620. The molecule has 0 unspecified atom stereocenters. The number of nitrogens with zero attached hydrogens (tertiary/aromatic N) is 1. The first-order chi connectivity index (χ1) is 13.7. The first kappa shape index (κ1) is 29.6. The Labute approximate surface area is 175 Å². The summed E-state index contributed by atoms with van der Waals surface area (Å²) in [6.45, 7) is 1.68. The number of halogens is 6. The number of sulfonamides is 1. The van der Waals surface area contributed by atoms with Gasteiger partial charge in [0.25, 0.3) is 0 Å². The topological polar surface area (TPSA) is 65.1 Å². The number of unbranched alkanes of at least 4 members (excludes halogenated alkanes) is 5. The smallest absolute Gasteiger partial charge is 0.373 e. The lowest BCUT2D eigenvalue weighted by molar-refractivity contribution is -0.329. The summed E-state index contributed by atoms with van der Waals surface area (Å²) in [7, 11) is -8.96. The van der Waals surface area contributed by atoms with Gasteiger partial charge in [0.15, 0.2) is 0 Å². The highest BCUT2D eigenvalue weighted by Gasteiger charge is 2.85. The van der Waals surface area contributed by atoms with Gasteiger partial charge in [-0.1, -0.05) is 46.0 Å². The van der Waals surface area contributed by atoms with E-state index in [1.54, 1.807) is 0 Å². The van der Waals surface area contributed by atoms with E-state index >= 15 is 0 Å². The Kier molecular flexibility index (Phi) is 11.3. The van der Waals surface area contributed by atoms with Crippen molar-refractivity contribution < 1.29 is 48.0 Å². The van der Waals surface area contributed by atoms with Crippen LogP contribution in [-0.2, 0) is 23.3 Å². The third-order valence-electron chi connectivity index (χ3n) is 4.65. The van der Waals surface area contributed by atoms with Crippen molar-refractivity contribution in [3.63, 3.8) is 0 Å². The van der Waals surface area contributed by atoms with Crippen LogP contribution in [0.5, 0.6) is 0 Å².